The molecule has 2 amide bonds. The predicted molar refractivity (Wildman–Crippen MR) is 99.5 cm³/mol. The summed E-state index contributed by atoms with van der Waals surface area (Å²) in [4.78, 5) is 25.0. The lowest BCUT2D eigenvalue weighted by Crippen LogP contribution is -2.32. The summed E-state index contributed by atoms with van der Waals surface area (Å²) in [7, 11) is 0. The lowest BCUT2D eigenvalue weighted by molar-refractivity contribution is -0.130. The third kappa shape index (κ3) is 3.47. The zero-order valence-electron chi connectivity index (χ0n) is 15.2. The normalized spacial score (nSPS) is 19.5. The number of benzene rings is 2. The first-order valence-electron chi connectivity index (χ1n) is 8.82. The quantitative estimate of drug-likeness (QED) is 0.822. The fraction of sp³-hybridized carbons (Fsp3) is 0.333. The number of aryl methyl sites for hydroxylation is 1. The zero-order chi connectivity index (χ0) is 18.8. The molecule has 2 atom stereocenters. The summed E-state index contributed by atoms with van der Waals surface area (Å²) in [6, 6.07) is 12.8. The van der Waals surface area contributed by atoms with E-state index in [0.29, 0.717) is 18.0 Å². The van der Waals surface area contributed by atoms with Crippen molar-refractivity contribution in [3.05, 3.63) is 65.0 Å². The summed E-state index contributed by atoms with van der Waals surface area (Å²) in [5.74, 6) is -2.07. The summed E-state index contributed by atoms with van der Waals surface area (Å²) in [6.45, 7) is 6.23. The standard InChI is InChI=1S/C21H23FN2O2/c1-12(2)14-7-5-8-15(10-14)16-11-23-20(25)18(16)21(26)24-17-9-4-6-13(3)19(17)22/h4-10,12,16,18H,11H2,1-3H3,(H,23,25)(H,24,26). The minimum absolute atomic E-state index is 0.101. The highest BCUT2D eigenvalue weighted by Gasteiger charge is 2.41. The molecule has 2 N–H and O–H groups in total. The molecule has 136 valence electrons. The van der Waals surface area contributed by atoms with E-state index >= 15 is 0 Å². The molecular formula is C21H23FN2O2. The number of amides is 2. The van der Waals surface area contributed by atoms with Gasteiger partial charge >= 0.3 is 0 Å². The number of rotatable bonds is 4. The van der Waals surface area contributed by atoms with E-state index in [2.05, 4.69) is 24.5 Å². The van der Waals surface area contributed by atoms with Gasteiger partial charge in [-0.2, -0.15) is 0 Å². The molecule has 2 unspecified atom stereocenters. The highest BCUT2D eigenvalue weighted by atomic mass is 19.1. The van der Waals surface area contributed by atoms with Gasteiger partial charge in [-0.25, -0.2) is 4.39 Å². The first-order chi connectivity index (χ1) is 12.4. The second-order valence-electron chi connectivity index (χ2n) is 7.08. The van der Waals surface area contributed by atoms with Crippen LogP contribution >= 0.6 is 0 Å². The minimum atomic E-state index is -0.877. The maximum atomic E-state index is 14.2. The van der Waals surface area contributed by atoms with Crippen LogP contribution in [0.1, 0.15) is 42.4 Å². The van der Waals surface area contributed by atoms with Gasteiger partial charge in [0, 0.05) is 12.5 Å². The molecule has 1 saturated heterocycles. The second kappa shape index (κ2) is 7.28. The number of nitrogens with one attached hydrogen (secondary N) is 2. The van der Waals surface area contributed by atoms with Crippen molar-refractivity contribution in [2.75, 3.05) is 11.9 Å². The lowest BCUT2D eigenvalue weighted by atomic mass is 9.86. The van der Waals surface area contributed by atoms with Crippen molar-refractivity contribution in [1.29, 1.82) is 0 Å². The van der Waals surface area contributed by atoms with Crippen molar-refractivity contribution in [2.24, 2.45) is 5.92 Å². The van der Waals surface area contributed by atoms with Crippen LogP contribution in [0.15, 0.2) is 42.5 Å². The van der Waals surface area contributed by atoms with Gasteiger partial charge in [0.15, 0.2) is 0 Å². The molecule has 1 heterocycles. The van der Waals surface area contributed by atoms with Crippen LogP contribution in [0.25, 0.3) is 0 Å². The maximum absolute atomic E-state index is 14.2. The maximum Gasteiger partial charge on any atom is 0.237 e. The number of carbonyl (C=O) groups is 2. The van der Waals surface area contributed by atoms with Crippen molar-refractivity contribution in [3.8, 4) is 0 Å². The van der Waals surface area contributed by atoms with Gasteiger partial charge < -0.3 is 10.6 Å². The van der Waals surface area contributed by atoms with Crippen LogP contribution in [0.4, 0.5) is 10.1 Å². The van der Waals surface area contributed by atoms with Crippen LogP contribution in [-0.2, 0) is 9.59 Å². The Kier molecular flexibility index (Phi) is 5.07. The molecule has 0 saturated carbocycles. The van der Waals surface area contributed by atoms with Crippen LogP contribution in [0.2, 0.25) is 0 Å². The summed E-state index contributed by atoms with van der Waals surface area (Å²) in [5.41, 5.74) is 2.65. The van der Waals surface area contributed by atoms with Crippen LogP contribution in [0.5, 0.6) is 0 Å². The molecule has 4 nitrogen and oxygen atoms in total. The first kappa shape index (κ1) is 18.1. The van der Waals surface area contributed by atoms with Crippen LogP contribution in [0, 0.1) is 18.7 Å². The highest BCUT2D eigenvalue weighted by Crippen LogP contribution is 2.32. The second-order valence-corrected chi connectivity index (χ2v) is 7.08. The Morgan fingerprint density at radius 2 is 1.96 bits per heavy atom. The Labute approximate surface area is 152 Å². The van der Waals surface area contributed by atoms with E-state index in [4.69, 9.17) is 0 Å². The Hall–Kier alpha value is -2.69. The lowest BCUT2D eigenvalue weighted by Gasteiger charge is -2.19. The molecule has 1 aliphatic heterocycles. The van der Waals surface area contributed by atoms with E-state index in [1.807, 2.05) is 24.3 Å². The number of hydrogen-bond donors (Lipinski definition) is 2. The van der Waals surface area contributed by atoms with Gasteiger partial charge in [-0.3, -0.25) is 9.59 Å². The van der Waals surface area contributed by atoms with Crippen LogP contribution in [-0.4, -0.2) is 18.4 Å². The van der Waals surface area contributed by atoms with E-state index in [9.17, 15) is 14.0 Å². The average Bonchev–Trinajstić information content (AvgIpc) is 3.00. The molecule has 0 radical (unpaired) electrons. The Morgan fingerprint density at radius 3 is 2.69 bits per heavy atom. The van der Waals surface area contributed by atoms with Gasteiger partial charge in [-0.1, -0.05) is 50.2 Å². The van der Waals surface area contributed by atoms with E-state index in [0.717, 1.165) is 11.1 Å². The third-order valence-electron chi connectivity index (χ3n) is 4.92. The molecule has 26 heavy (non-hydrogen) atoms. The molecule has 0 bridgehead atoms. The van der Waals surface area contributed by atoms with Crippen molar-refractivity contribution in [3.63, 3.8) is 0 Å². The van der Waals surface area contributed by atoms with Crippen molar-refractivity contribution in [1.82, 2.24) is 5.32 Å². The van der Waals surface area contributed by atoms with E-state index in [1.54, 1.807) is 19.1 Å². The molecule has 0 aromatic heterocycles. The van der Waals surface area contributed by atoms with Crippen molar-refractivity contribution in [2.45, 2.75) is 32.6 Å². The molecule has 3 rings (SSSR count). The Morgan fingerprint density at radius 1 is 1.23 bits per heavy atom. The van der Waals surface area contributed by atoms with E-state index in [-0.39, 0.29) is 17.5 Å². The van der Waals surface area contributed by atoms with Gasteiger partial charge in [0.1, 0.15) is 11.7 Å². The fourth-order valence-corrected chi connectivity index (χ4v) is 3.34. The van der Waals surface area contributed by atoms with Gasteiger partial charge in [-0.05, 0) is 35.6 Å². The highest BCUT2D eigenvalue weighted by molar-refractivity contribution is 6.08. The topological polar surface area (TPSA) is 58.2 Å². The monoisotopic (exact) mass is 354 g/mol. The fourth-order valence-electron chi connectivity index (χ4n) is 3.34. The number of carbonyl (C=O) groups excluding carboxylic acids is 2. The summed E-state index contributed by atoms with van der Waals surface area (Å²) >= 11 is 0. The molecular weight excluding hydrogens is 331 g/mol. The van der Waals surface area contributed by atoms with Crippen LogP contribution < -0.4 is 10.6 Å². The third-order valence-corrected chi connectivity index (χ3v) is 4.92. The molecule has 0 aliphatic carbocycles. The first-order valence-corrected chi connectivity index (χ1v) is 8.82. The van der Waals surface area contributed by atoms with E-state index in [1.165, 1.54) is 6.07 Å². The van der Waals surface area contributed by atoms with Crippen molar-refractivity contribution >= 4 is 17.5 Å². The molecule has 0 spiro atoms. The molecule has 1 aliphatic rings. The SMILES string of the molecule is Cc1cccc(NC(=O)C2C(=O)NCC2c2cccc(C(C)C)c2)c1F. The van der Waals surface area contributed by atoms with Gasteiger partial charge in [0.25, 0.3) is 0 Å². The summed E-state index contributed by atoms with van der Waals surface area (Å²) in [5, 5.41) is 5.35. The summed E-state index contributed by atoms with van der Waals surface area (Å²) < 4.78 is 14.2. The van der Waals surface area contributed by atoms with E-state index < -0.39 is 17.6 Å². The Balaban J connectivity index is 1.87. The molecule has 1 fully saturated rings. The average molecular weight is 354 g/mol. The predicted octanol–water partition coefficient (Wildman–Crippen LogP) is 3.73. The number of halogens is 1. The molecule has 2 aromatic rings. The molecule has 2 aromatic carbocycles. The summed E-state index contributed by atoms with van der Waals surface area (Å²) in [6.07, 6.45) is 0. The van der Waals surface area contributed by atoms with Gasteiger partial charge in [0.2, 0.25) is 11.8 Å². The smallest absolute Gasteiger partial charge is 0.237 e. The minimum Gasteiger partial charge on any atom is -0.355 e. The number of hydrogen-bond acceptors (Lipinski definition) is 2. The molecule has 5 heteroatoms. The van der Waals surface area contributed by atoms with Crippen LogP contribution in [0.3, 0.4) is 0 Å². The Bertz CT molecular complexity index is 848. The van der Waals surface area contributed by atoms with Gasteiger partial charge in [0.05, 0.1) is 5.69 Å². The van der Waals surface area contributed by atoms with Crippen molar-refractivity contribution < 1.29 is 14.0 Å². The van der Waals surface area contributed by atoms with Gasteiger partial charge in [-0.15, -0.1) is 0 Å². The largest absolute Gasteiger partial charge is 0.355 e. The number of anilines is 1. The zero-order valence-corrected chi connectivity index (χ0v) is 15.2.